The molecule has 31 heavy (non-hydrogen) atoms. The fraction of sp³-hybridized carbons (Fsp3) is 0.120. The minimum Gasteiger partial charge on any atom is -0.480 e. The first-order valence-electron chi connectivity index (χ1n) is 10.2. The Morgan fingerprint density at radius 2 is 1.68 bits per heavy atom. The van der Waals surface area contributed by atoms with Crippen molar-refractivity contribution in [2.45, 2.75) is 19.1 Å². The smallest absolute Gasteiger partial charge is 0.226 e. The summed E-state index contributed by atoms with van der Waals surface area (Å²) in [5, 5.41) is 7.96. The number of ether oxygens (including phenoxy) is 1. The van der Waals surface area contributed by atoms with Crippen LogP contribution in [0.2, 0.25) is 0 Å². The SMILES string of the molecule is Cc1ccc([C@@H]2Oc3ccccc3C3=C2[C@H](c2ccc(F)cc2)n2ncnc2N3)cc1. The second kappa shape index (κ2) is 6.80. The maximum absolute atomic E-state index is 13.7. The summed E-state index contributed by atoms with van der Waals surface area (Å²) in [6, 6.07) is 22.6. The Kier molecular flexibility index (Phi) is 3.93. The molecule has 2 aliphatic rings. The fourth-order valence-electron chi connectivity index (χ4n) is 4.40. The van der Waals surface area contributed by atoms with Crippen LogP contribution < -0.4 is 10.1 Å². The third kappa shape index (κ3) is 2.83. The van der Waals surface area contributed by atoms with E-state index in [0.717, 1.165) is 33.7 Å². The van der Waals surface area contributed by atoms with Gasteiger partial charge in [0.1, 0.15) is 30.0 Å². The average Bonchev–Trinajstić information content (AvgIpc) is 3.27. The van der Waals surface area contributed by atoms with E-state index >= 15 is 0 Å². The number of benzene rings is 3. The van der Waals surface area contributed by atoms with E-state index in [1.54, 1.807) is 12.1 Å². The highest BCUT2D eigenvalue weighted by molar-refractivity contribution is 5.85. The fourth-order valence-corrected chi connectivity index (χ4v) is 4.40. The Morgan fingerprint density at radius 1 is 0.935 bits per heavy atom. The average molecular weight is 410 g/mol. The lowest BCUT2D eigenvalue weighted by atomic mass is 9.84. The molecule has 2 aliphatic heterocycles. The van der Waals surface area contributed by atoms with Crippen LogP contribution in [0.5, 0.6) is 5.75 Å². The molecule has 6 rings (SSSR count). The van der Waals surface area contributed by atoms with Gasteiger partial charge in [-0.05, 0) is 42.3 Å². The highest BCUT2D eigenvalue weighted by Gasteiger charge is 2.40. The molecule has 1 N–H and O–H groups in total. The molecular weight excluding hydrogens is 391 g/mol. The summed E-state index contributed by atoms with van der Waals surface area (Å²) in [6.45, 7) is 2.07. The van der Waals surface area contributed by atoms with Gasteiger partial charge in [-0.2, -0.15) is 10.1 Å². The molecule has 3 heterocycles. The highest BCUT2D eigenvalue weighted by atomic mass is 19.1. The summed E-state index contributed by atoms with van der Waals surface area (Å²) in [7, 11) is 0. The maximum Gasteiger partial charge on any atom is 0.226 e. The molecule has 0 saturated carbocycles. The largest absolute Gasteiger partial charge is 0.480 e. The van der Waals surface area contributed by atoms with Crippen LogP contribution in [0.1, 0.15) is 34.4 Å². The maximum atomic E-state index is 13.7. The Hall–Kier alpha value is -3.93. The van der Waals surface area contributed by atoms with Gasteiger partial charge in [0.05, 0.1) is 5.70 Å². The Morgan fingerprint density at radius 3 is 2.48 bits per heavy atom. The van der Waals surface area contributed by atoms with Crippen LogP contribution in [0.25, 0.3) is 5.70 Å². The molecule has 0 aliphatic carbocycles. The second-order valence-electron chi connectivity index (χ2n) is 7.84. The van der Waals surface area contributed by atoms with Crippen LogP contribution in [-0.4, -0.2) is 14.8 Å². The molecule has 0 radical (unpaired) electrons. The van der Waals surface area contributed by atoms with Crippen molar-refractivity contribution in [1.29, 1.82) is 0 Å². The Labute approximate surface area is 178 Å². The van der Waals surface area contributed by atoms with Crippen LogP contribution in [-0.2, 0) is 0 Å². The van der Waals surface area contributed by atoms with Gasteiger partial charge in [-0.3, -0.25) is 0 Å². The number of fused-ring (bicyclic) bond motifs is 3. The molecular formula is C25H19FN4O. The number of halogens is 1. The minimum absolute atomic E-state index is 0.272. The molecule has 2 atom stereocenters. The van der Waals surface area contributed by atoms with Crippen LogP contribution >= 0.6 is 0 Å². The van der Waals surface area contributed by atoms with Crippen molar-refractivity contribution in [1.82, 2.24) is 14.8 Å². The molecule has 4 aromatic rings. The van der Waals surface area contributed by atoms with Gasteiger partial charge in [0.15, 0.2) is 0 Å². The van der Waals surface area contributed by atoms with Crippen LogP contribution in [0.4, 0.5) is 10.3 Å². The summed E-state index contributed by atoms with van der Waals surface area (Å²) in [4.78, 5) is 4.42. The predicted molar refractivity (Wildman–Crippen MR) is 116 cm³/mol. The van der Waals surface area contributed by atoms with E-state index in [2.05, 4.69) is 46.6 Å². The number of anilines is 1. The van der Waals surface area contributed by atoms with E-state index in [9.17, 15) is 4.39 Å². The summed E-state index contributed by atoms with van der Waals surface area (Å²) in [5.74, 6) is 1.18. The van der Waals surface area contributed by atoms with E-state index in [1.807, 2.05) is 28.9 Å². The van der Waals surface area contributed by atoms with E-state index in [1.165, 1.54) is 24.0 Å². The quantitative estimate of drug-likeness (QED) is 0.488. The zero-order valence-electron chi connectivity index (χ0n) is 16.8. The van der Waals surface area contributed by atoms with Crippen LogP contribution in [0.3, 0.4) is 0 Å². The van der Waals surface area contributed by atoms with Crippen molar-refractivity contribution in [3.05, 3.63) is 113 Å². The monoisotopic (exact) mass is 410 g/mol. The van der Waals surface area contributed by atoms with Gasteiger partial charge in [-0.1, -0.05) is 54.1 Å². The van der Waals surface area contributed by atoms with Gasteiger partial charge in [0.25, 0.3) is 0 Å². The van der Waals surface area contributed by atoms with Crippen molar-refractivity contribution in [3.8, 4) is 5.75 Å². The number of nitrogens with one attached hydrogen (secondary N) is 1. The Bertz CT molecular complexity index is 1310. The molecule has 5 nitrogen and oxygen atoms in total. The number of nitrogens with zero attached hydrogens (tertiary/aromatic N) is 3. The van der Waals surface area contributed by atoms with Gasteiger partial charge < -0.3 is 10.1 Å². The van der Waals surface area contributed by atoms with E-state index in [4.69, 9.17) is 4.74 Å². The summed E-state index contributed by atoms with van der Waals surface area (Å²) < 4.78 is 22.1. The third-order valence-corrected chi connectivity index (χ3v) is 5.89. The van der Waals surface area contributed by atoms with Crippen molar-refractivity contribution in [2.75, 3.05) is 5.32 Å². The number of rotatable bonds is 2. The van der Waals surface area contributed by atoms with Crippen molar-refractivity contribution in [3.63, 3.8) is 0 Å². The molecule has 1 aromatic heterocycles. The zero-order chi connectivity index (χ0) is 20.9. The number of hydrogen-bond acceptors (Lipinski definition) is 4. The van der Waals surface area contributed by atoms with E-state index < -0.39 is 0 Å². The van der Waals surface area contributed by atoms with E-state index in [0.29, 0.717) is 5.95 Å². The number of para-hydroxylation sites is 1. The van der Waals surface area contributed by atoms with E-state index in [-0.39, 0.29) is 18.0 Å². The number of aryl methyl sites for hydroxylation is 1. The molecule has 0 unspecified atom stereocenters. The molecule has 0 amide bonds. The lowest BCUT2D eigenvalue weighted by molar-refractivity contribution is 0.223. The standard InChI is InChI=1S/C25H19FN4O/c1-15-6-8-17(9-7-15)24-21-22(19-4-2-3-5-20(19)31-24)29-25-27-14-28-30(25)23(21)16-10-12-18(26)13-11-16/h2-14,23-24H,1H3,(H,27,28,29)/t23-,24-/m0/s1. The third-order valence-electron chi connectivity index (χ3n) is 5.89. The normalized spacial score (nSPS) is 19.0. The highest BCUT2D eigenvalue weighted by Crippen LogP contribution is 2.50. The first kappa shape index (κ1) is 17.9. The van der Waals surface area contributed by atoms with Gasteiger partial charge in [-0.15, -0.1) is 0 Å². The molecule has 3 aromatic carbocycles. The zero-order valence-corrected chi connectivity index (χ0v) is 16.8. The van der Waals surface area contributed by atoms with Gasteiger partial charge in [-0.25, -0.2) is 9.07 Å². The molecule has 152 valence electrons. The topological polar surface area (TPSA) is 52.0 Å². The number of aromatic nitrogens is 3. The summed E-state index contributed by atoms with van der Waals surface area (Å²) in [5.41, 5.74) is 6.11. The van der Waals surface area contributed by atoms with Gasteiger partial charge >= 0.3 is 0 Å². The number of hydrogen-bond donors (Lipinski definition) is 1. The molecule has 0 saturated heterocycles. The lowest BCUT2D eigenvalue weighted by Gasteiger charge is -2.39. The first-order chi connectivity index (χ1) is 15.2. The van der Waals surface area contributed by atoms with Gasteiger partial charge in [0, 0.05) is 11.1 Å². The summed E-state index contributed by atoms with van der Waals surface area (Å²) >= 11 is 0. The molecule has 0 bridgehead atoms. The van der Waals surface area contributed by atoms with Crippen LogP contribution in [0.15, 0.2) is 84.7 Å². The molecule has 0 spiro atoms. The Balaban J connectivity index is 1.62. The first-order valence-corrected chi connectivity index (χ1v) is 10.2. The minimum atomic E-state index is -0.328. The lowest BCUT2D eigenvalue weighted by Crippen LogP contribution is -2.32. The predicted octanol–water partition coefficient (Wildman–Crippen LogP) is 5.29. The van der Waals surface area contributed by atoms with Crippen molar-refractivity contribution < 1.29 is 9.13 Å². The van der Waals surface area contributed by atoms with Gasteiger partial charge in [0.2, 0.25) is 5.95 Å². The molecule has 0 fully saturated rings. The molecule has 6 heteroatoms. The second-order valence-corrected chi connectivity index (χ2v) is 7.84. The van der Waals surface area contributed by atoms with Crippen LogP contribution in [0, 0.1) is 12.7 Å². The van der Waals surface area contributed by atoms with Crippen molar-refractivity contribution in [2.24, 2.45) is 0 Å². The van der Waals surface area contributed by atoms with Crippen molar-refractivity contribution >= 4 is 11.6 Å². The summed E-state index contributed by atoms with van der Waals surface area (Å²) in [6.07, 6.45) is 1.20.